The number of rotatable bonds is 4. The lowest BCUT2D eigenvalue weighted by Gasteiger charge is -2.31. The van der Waals surface area contributed by atoms with Gasteiger partial charge in [0.15, 0.2) is 0 Å². The number of hydrogen-bond acceptors (Lipinski definition) is 3. The molecule has 1 saturated heterocycles. The molecule has 1 aliphatic heterocycles. The van der Waals surface area contributed by atoms with Crippen molar-refractivity contribution in [3.63, 3.8) is 0 Å². The number of nitrogens with one attached hydrogen (secondary N) is 1. The summed E-state index contributed by atoms with van der Waals surface area (Å²) >= 11 is 4.06. The molecule has 1 nitrogen and oxygen atoms in total. The molecular formula is C15H23NS2. The van der Waals surface area contributed by atoms with Gasteiger partial charge in [0.05, 0.1) is 0 Å². The molecule has 2 atom stereocenters. The van der Waals surface area contributed by atoms with Gasteiger partial charge in [-0.2, -0.15) is 11.8 Å². The molecule has 1 aromatic rings. The van der Waals surface area contributed by atoms with Crippen LogP contribution in [0.4, 0.5) is 0 Å². The first-order chi connectivity index (χ1) is 8.93. The lowest BCUT2D eigenvalue weighted by molar-refractivity contribution is 0.332. The standard InChI is InChI=1S/C15H23NS2/c1-2-6-12(5-1)15(14-8-4-10-18-14)16-13-7-3-9-17-11-13/h4,8,10,12-13,15-16H,1-3,5-7,9,11H2. The summed E-state index contributed by atoms with van der Waals surface area (Å²) in [5, 5.41) is 6.22. The summed E-state index contributed by atoms with van der Waals surface area (Å²) in [5.41, 5.74) is 0. The SMILES string of the molecule is c1csc(C(NC2CCCSC2)C2CCCC2)c1. The number of thioether (sulfide) groups is 1. The van der Waals surface area contributed by atoms with E-state index in [0.717, 1.165) is 12.0 Å². The van der Waals surface area contributed by atoms with Gasteiger partial charge in [0.1, 0.15) is 0 Å². The first kappa shape index (κ1) is 13.0. The van der Waals surface area contributed by atoms with Crippen molar-refractivity contribution >= 4 is 23.1 Å². The van der Waals surface area contributed by atoms with Gasteiger partial charge < -0.3 is 5.32 Å². The van der Waals surface area contributed by atoms with Crippen molar-refractivity contribution in [3.05, 3.63) is 22.4 Å². The minimum absolute atomic E-state index is 0.635. The smallest absolute Gasteiger partial charge is 0.0445 e. The van der Waals surface area contributed by atoms with Gasteiger partial charge in [-0.15, -0.1) is 11.3 Å². The van der Waals surface area contributed by atoms with Crippen LogP contribution in [-0.4, -0.2) is 17.5 Å². The van der Waals surface area contributed by atoms with Crippen molar-refractivity contribution in [3.8, 4) is 0 Å². The van der Waals surface area contributed by atoms with E-state index < -0.39 is 0 Å². The van der Waals surface area contributed by atoms with Gasteiger partial charge in [-0.1, -0.05) is 18.9 Å². The Morgan fingerprint density at radius 3 is 2.72 bits per heavy atom. The fourth-order valence-electron chi connectivity index (χ4n) is 3.34. The van der Waals surface area contributed by atoms with E-state index in [0.29, 0.717) is 6.04 Å². The number of thiophene rings is 1. The minimum atomic E-state index is 0.635. The molecule has 0 radical (unpaired) electrons. The maximum absolute atomic E-state index is 3.99. The zero-order valence-corrected chi connectivity index (χ0v) is 12.6. The fourth-order valence-corrected chi connectivity index (χ4v) is 5.30. The van der Waals surface area contributed by atoms with Gasteiger partial charge >= 0.3 is 0 Å². The lowest BCUT2D eigenvalue weighted by Crippen LogP contribution is -2.39. The van der Waals surface area contributed by atoms with E-state index in [2.05, 4.69) is 34.6 Å². The fraction of sp³-hybridized carbons (Fsp3) is 0.733. The summed E-state index contributed by atoms with van der Waals surface area (Å²) in [6, 6.07) is 5.92. The van der Waals surface area contributed by atoms with Gasteiger partial charge in [-0.25, -0.2) is 0 Å². The van der Waals surface area contributed by atoms with Crippen LogP contribution in [0.3, 0.4) is 0 Å². The first-order valence-corrected chi connectivity index (χ1v) is 9.34. The molecule has 2 unspecified atom stereocenters. The second-order valence-electron chi connectivity index (χ2n) is 5.62. The summed E-state index contributed by atoms with van der Waals surface area (Å²) in [7, 11) is 0. The van der Waals surface area contributed by atoms with E-state index in [1.807, 2.05) is 11.3 Å². The van der Waals surface area contributed by atoms with Crippen molar-refractivity contribution < 1.29 is 0 Å². The average Bonchev–Trinajstić information content (AvgIpc) is 3.11. The Kier molecular flexibility index (Phi) is 4.66. The summed E-state index contributed by atoms with van der Waals surface area (Å²) < 4.78 is 0. The normalized spacial score (nSPS) is 27.4. The third kappa shape index (κ3) is 3.12. The summed E-state index contributed by atoms with van der Waals surface area (Å²) in [5.74, 6) is 3.57. The highest BCUT2D eigenvalue weighted by molar-refractivity contribution is 7.99. The molecule has 1 N–H and O–H groups in total. The molecular weight excluding hydrogens is 258 g/mol. The second-order valence-corrected chi connectivity index (χ2v) is 7.75. The third-order valence-electron chi connectivity index (χ3n) is 4.30. The minimum Gasteiger partial charge on any atom is -0.305 e. The Labute approximate surface area is 119 Å². The highest BCUT2D eigenvalue weighted by Crippen LogP contribution is 2.38. The predicted octanol–water partition coefficient (Wildman–Crippen LogP) is 4.46. The third-order valence-corrected chi connectivity index (χ3v) is 6.47. The van der Waals surface area contributed by atoms with Crippen LogP contribution in [-0.2, 0) is 0 Å². The van der Waals surface area contributed by atoms with Crippen LogP contribution in [0.5, 0.6) is 0 Å². The number of hydrogen-bond donors (Lipinski definition) is 1. The van der Waals surface area contributed by atoms with Gasteiger partial charge in [0.25, 0.3) is 0 Å². The van der Waals surface area contributed by atoms with Crippen LogP contribution >= 0.6 is 23.1 Å². The molecule has 1 saturated carbocycles. The highest BCUT2D eigenvalue weighted by Gasteiger charge is 2.29. The molecule has 18 heavy (non-hydrogen) atoms. The monoisotopic (exact) mass is 281 g/mol. The van der Waals surface area contributed by atoms with E-state index in [9.17, 15) is 0 Å². The van der Waals surface area contributed by atoms with Crippen LogP contribution in [0, 0.1) is 5.92 Å². The molecule has 2 heterocycles. The molecule has 1 aromatic heterocycles. The molecule has 1 aliphatic carbocycles. The van der Waals surface area contributed by atoms with Gasteiger partial charge in [0.2, 0.25) is 0 Å². The quantitative estimate of drug-likeness (QED) is 0.874. The maximum Gasteiger partial charge on any atom is 0.0445 e. The Morgan fingerprint density at radius 1 is 1.17 bits per heavy atom. The Bertz CT molecular complexity index is 337. The van der Waals surface area contributed by atoms with E-state index in [4.69, 9.17) is 0 Å². The summed E-state index contributed by atoms with van der Waals surface area (Å²) in [4.78, 5) is 1.57. The molecule has 2 aliphatic rings. The molecule has 0 amide bonds. The predicted molar refractivity (Wildman–Crippen MR) is 82.5 cm³/mol. The topological polar surface area (TPSA) is 12.0 Å². The largest absolute Gasteiger partial charge is 0.305 e. The van der Waals surface area contributed by atoms with Crippen LogP contribution in [0.1, 0.15) is 49.4 Å². The average molecular weight is 281 g/mol. The summed E-state index contributed by atoms with van der Waals surface area (Å²) in [6.45, 7) is 0. The molecule has 0 bridgehead atoms. The van der Waals surface area contributed by atoms with Gasteiger partial charge in [0, 0.05) is 22.7 Å². The summed E-state index contributed by atoms with van der Waals surface area (Å²) in [6.07, 6.45) is 8.50. The van der Waals surface area contributed by atoms with Crippen molar-refractivity contribution in [1.82, 2.24) is 5.32 Å². The highest BCUT2D eigenvalue weighted by atomic mass is 32.2. The molecule has 0 spiro atoms. The van der Waals surface area contributed by atoms with Crippen LogP contribution in [0.25, 0.3) is 0 Å². The van der Waals surface area contributed by atoms with Crippen LogP contribution in [0.2, 0.25) is 0 Å². The molecule has 3 rings (SSSR count). The van der Waals surface area contributed by atoms with Crippen molar-refractivity contribution in [2.24, 2.45) is 5.92 Å². The van der Waals surface area contributed by atoms with Crippen LogP contribution in [0.15, 0.2) is 17.5 Å². The lowest BCUT2D eigenvalue weighted by atomic mass is 9.95. The van der Waals surface area contributed by atoms with Crippen LogP contribution < -0.4 is 5.32 Å². The van der Waals surface area contributed by atoms with Crippen molar-refractivity contribution in [1.29, 1.82) is 0 Å². The molecule has 100 valence electrons. The van der Waals surface area contributed by atoms with Gasteiger partial charge in [-0.05, 0) is 48.8 Å². The van der Waals surface area contributed by atoms with E-state index in [1.54, 1.807) is 4.88 Å². The van der Waals surface area contributed by atoms with E-state index >= 15 is 0 Å². The maximum atomic E-state index is 3.99. The zero-order chi connectivity index (χ0) is 12.2. The van der Waals surface area contributed by atoms with Gasteiger partial charge in [-0.3, -0.25) is 0 Å². The zero-order valence-electron chi connectivity index (χ0n) is 10.9. The van der Waals surface area contributed by atoms with E-state index in [1.165, 1.54) is 50.0 Å². The Balaban J connectivity index is 1.68. The van der Waals surface area contributed by atoms with Crippen molar-refractivity contribution in [2.75, 3.05) is 11.5 Å². The Morgan fingerprint density at radius 2 is 2.06 bits per heavy atom. The first-order valence-electron chi connectivity index (χ1n) is 7.30. The molecule has 3 heteroatoms. The Hall–Kier alpha value is 0.01000. The molecule has 0 aromatic carbocycles. The molecule has 2 fully saturated rings. The second kappa shape index (κ2) is 6.44. The van der Waals surface area contributed by atoms with E-state index in [-0.39, 0.29) is 0 Å². The van der Waals surface area contributed by atoms with Crippen molar-refractivity contribution in [2.45, 2.75) is 50.6 Å².